The molecule has 1 aromatic carbocycles. The molecule has 2 aromatic rings. The minimum absolute atomic E-state index is 0.0521. The molecule has 25 heavy (non-hydrogen) atoms. The third-order valence-electron chi connectivity index (χ3n) is 4.90. The third kappa shape index (κ3) is 2.67. The second-order valence-electron chi connectivity index (χ2n) is 6.22. The number of amides is 2. The molecule has 1 aromatic heterocycles. The summed E-state index contributed by atoms with van der Waals surface area (Å²) in [5.41, 5.74) is 10.9. The van der Waals surface area contributed by atoms with Gasteiger partial charge in [0, 0.05) is 11.6 Å². The molecule has 1 aliphatic carbocycles. The van der Waals surface area contributed by atoms with Crippen molar-refractivity contribution >= 4 is 22.8 Å². The molecular formula is C16H18N4O5. The first kappa shape index (κ1) is 16.7. The van der Waals surface area contributed by atoms with Gasteiger partial charge >= 0.3 is 6.03 Å². The Bertz CT molecular complexity index is 867. The second kappa shape index (κ2) is 6.08. The molecule has 0 saturated heterocycles. The van der Waals surface area contributed by atoms with E-state index in [0.717, 1.165) is 23.8 Å². The SMILES string of the molecule is NC(=O)n1cc(C2(C(N)=O)CCCCC2)c2c(O[N+](=O)[O-])cccc21. The molecule has 1 fully saturated rings. The van der Waals surface area contributed by atoms with Gasteiger partial charge in [0.05, 0.1) is 10.9 Å². The van der Waals surface area contributed by atoms with Crippen LogP contribution in [0.2, 0.25) is 0 Å². The maximum Gasteiger partial charge on any atom is 0.323 e. The smallest absolute Gasteiger partial charge is 0.323 e. The number of carbonyl (C=O) groups excluding carboxylic acids is 2. The Kier molecular flexibility index (Phi) is 4.07. The standard InChI is InChI=1S/C16H18N4O5/c17-14(21)16(7-2-1-3-8-16)10-9-19(15(18)22)11-5-4-6-12(13(10)11)25-20(23)24/h4-6,9H,1-3,7-8H2,(H2,17,21)(H2,18,22). The minimum atomic E-state index is -1.01. The molecule has 3 rings (SSSR count). The van der Waals surface area contributed by atoms with Crippen LogP contribution in [0.5, 0.6) is 5.75 Å². The number of benzene rings is 1. The maximum atomic E-state index is 12.4. The Hall–Kier alpha value is -3.10. The summed E-state index contributed by atoms with van der Waals surface area (Å²) in [6, 6.07) is 3.76. The molecule has 0 unspecified atom stereocenters. The molecule has 0 bridgehead atoms. The van der Waals surface area contributed by atoms with Gasteiger partial charge in [-0.2, -0.15) is 0 Å². The van der Waals surface area contributed by atoms with Crippen LogP contribution in [0.1, 0.15) is 37.7 Å². The van der Waals surface area contributed by atoms with Gasteiger partial charge in [-0.15, -0.1) is 10.1 Å². The molecular weight excluding hydrogens is 328 g/mol. The Balaban J connectivity index is 2.34. The van der Waals surface area contributed by atoms with E-state index in [9.17, 15) is 19.7 Å². The molecule has 0 spiro atoms. The molecule has 9 heteroatoms. The van der Waals surface area contributed by atoms with Gasteiger partial charge in [-0.05, 0) is 30.5 Å². The summed E-state index contributed by atoms with van der Waals surface area (Å²) >= 11 is 0. The van der Waals surface area contributed by atoms with E-state index in [0.29, 0.717) is 29.3 Å². The lowest BCUT2D eigenvalue weighted by atomic mass is 9.69. The number of rotatable bonds is 4. The molecule has 132 valence electrons. The van der Waals surface area contributed by atoms with E-state index in [1.807, 2.05) is 0 Å². The maximum absolute atomic E-state index is 12.4. The molecule has 0 radical (unpaired) electrons. The summed E-state index contributed by atoms with van der Waals surface area (Å²) in [5.74, 6) is -0.574. The van der Waals surface area contributed by atoms with Gasteiger partial charge in [0.15, 0.2) is 0 Å². The predicted octanol–water partition coefficient (Wildman–Crippen LogP) is 1.83. The number of fused-ring (bicyclic) bond motifs is 1. The molecule has 1 saturated carbocycles. The molecule has 1 aliphatic rings. The number of carbonyl (C=O) groups is 2. The first-order valence-electron chi connectivity index (χ1n) is 7.93. The van der Waals surface area contributed by atoms with Gasteiger partial charge < -0.3 is 11.5 Å². The van der Waals surface area contributed by atoms with E-state index >= 15 is 0 Å². The van der Waals surface area contributed by atoms with Crippen LogP contribution in [0.15, 0.2) is 24.4 Å². The van der Waals surface area contributed by atoms with Crippen molar-refractivity contribution in [1.29, 1.82) is 0 Å². The summed E-state index contributed by atoms with van der Waals surface area (Å²) in [4.78, 5) is 39.7. The fraction of sp³-hybridized carbons (Fsp3) is 0.375. The second-order valence-corrected chi connectivity index (χ2v) is 6.22. The Morgan fingerprint density at radius 2 is 1.88 bits per heavy atom. The van der Waals surface area contributed by atoms with Crippen molar-refractivity contribution in [2.24, 2.45) is 11.5 Å². The van der Waals surface area contributed by atoms with E-state index in [1.165, 1.54) is 18.3 Å². The zero-order valence-corrected chi connectivity index (χ0v) is 13.4. The van der Waals surface area contributed by atoms with E-state index < -0.39 is 22.4 Å². The lowest BCUT2D eigenvalue weighted by Crippen LogP contribution is -2.42. The Labute approximate surface area is 142 Å². The van der Waals surface area contributed by atoms with Crippen molar-refractivity contribution in [2.45, 2.75) is 37.5 Å². The minimum Gasteiger partial charge on any atom is -0.369 e. The summed E-state index contributed by atoms with van der Waals surface area (Å²) in [5, 5.41) is 10.2. The highest BCUT2D eigenvalue weighted by Gasteiger charge is 2.42. The van der Waals surface area contributed by atoms with E-state index in [1.54, 1.807) is 6.07 Å². The number of hydrogen-bond donors (Lipinski definition) is 2. The number of nitrogens with two attached hydrogens (primary N) is 2. The van der Waals surface area contributed by atoms with Crippen molar-refractivity contribution in [3.05, 3.63) is 40.1 Å². The number of nitrogens with zero attached hydrogens (tertiary/aromatic N) is 2. The van der Waals surface area contributed by atoms with Gasteiger partial charge in [0.25, 0.3) is 5.09 Å². The van der Waals surface area contributed by atoms with Crippen LogP contribution in [0.3, 0.4) is 0 Å². The summed E-state index contributed by atoms with van der Waals surface area (Å²) in [7, 11) is 0. The third-order valence-corrected chi connectivity index (χ3v) is 4.90. The number of primary amides is 2. The van der Waals surface area contributed by atoms with E-state index in [2.05, 4.69) is 4.84 Å². The van der Waals surface area contributed by atoms with Gasteiger partial charge in [-0.1, -0.05) is 25.3 Å². The first-order valence-corrected chi connectivity index (χ1v) is 7.93. The van der Waals surface area contributed by atoms with Gasteiger partial charge in [-0.3, -0.25) is 14.2 Å². The van der Waals surface area contributed by atoms with Crippen LogP contribution in [0.4, 0.5) is 4.79 Å². The largest absolute Gasteiger partial charge is 0.369 e. The summed E-state index contributed by atoms with van der Waals surface area (Å²) in [6.45, 7) is 0. The van der Waals surface area contributed by atoms with Crippen molar-refractivity contribution < 1.29 is 19.5 Å². The molecule has 1 heterocycles. The Morgan fingerprint density at radius 1 is 1.20 bits per heavy atom. The van der Waals surface area contributed by atoms with Crippen LogP contribution >= 0.6 is 0 Å². The van der Waals surface area contributed by atoms with E-state index in [-0.39, 0.29) is 5.75 Å². The summed E-state index contributed by atoms with van der Waals surface area (Å²) < 4.78 is 1.16. The highest BCUT2D eigenvalue weighted by atomic mass is 17.0. The van der Waals surface area contributed by atoms with Gasteiger partial charge in [0.2, 0.25) is 5.91 Å². The van der Waals surface area contributed by atoms with Crippen molar-refractivity contribution in [2.75, 3.05) is 0 Å². The lowest BCUT2D eigenvalue weighted by molar-refractivity contribution is -0.710. The highest BCUT2D eigenvalue weighted by Crippen LogP contribution is 2.45. The van der Waals surface area contributed by atoms with Gasteiger partial charge in [0.1, 0.15) is 5.75 Å². The fourth-order valence-corrected chi connectivity index (χ4v) is 3.76. The molecule has 4 N–H and O–H groups in total. The van der Waals surface area contributed by atoms with Gasteiger partial charge in [-0.25, -0.2) is 4.79 Å². The molecule has 9 nitrogen and oxygen atoms in total. The molecule has 2 amide bonds. The average molecular weight is 346 g/mol. The number of aromatic nitrogens is 1. The van der Waals surface area contributed by atoms with Crippen LogP contribution in [-0.4, -0.2) is 21.6 Å². The zero-order valence-electron chi connectivity index (χ0n) is 13.4. The Morgan fingerprint density at radius 3 is 2.44 bits per heavy atom. The highest BCUT2D eigenvalue weighted by molar-refractivity contribution is 6.01. The topological polar surface area (TPSA) is 143 Å². The zero-order chi connectivity index (χ0) is 18.2. The fourth-order valence-electron chi connectivity index (χ4n) is 3.76. The summed E-state index contributed by atoms with van der Waals surface area (Å²) in [6.07, 6.45) is 5.03. The molecule has 0 atom stereocenters. The lowest BCUT2D eigenvalue weighted by Gasteiger charge is -2.34. The van der Waals surface area contributed by atoms with Crippen LogP contribution < -0.4 is 16.3 Å². The van der Waals surface area contributed by atoms with Crippen LogP contribution in [-0.2, 0) is 10.2 Å². The van der Waals surface area contributed by atoms with Crippen LogP contribution in [0.25, 0.3) is 10.9 Å². The van der Waals surface area contributed by atoms with Crippen molar-refractivity contribution in [3.8, 4) is 5.75 Å². The van der Waals surface area contributed by atoms with Crippen molar-refractivity contribution in [1.82, 2.24) is 4.57 Å². The molecule has 0 aliphatic heterocycles. The monoisotopic (exact) mass is 346 g/mol. The predicted molar refractivity (Wildman–Crippen MR) is 88.5 cm³/mol. The number of hydrogen-bond acceptors (Lipinski definition) is 5. The normalized spacial score (nSPS) is 16.5. The van der Waals surface area contributed by atoms with E-state index in [4.69, 9.17) is 11.5 Å². The van der Waals surface area contributed by atoms with Crippen molar-refractivity contribution in [3.63, 3.8) is 0 Å². The first-order chi connectivity index (χ1) is 11.9. The van der Waals surface area contributed by atoms with Crippen LogP contribution in [0, 0.1) is 10.1 Å². The average Bonchev–Trinajstić information content (AvgIpc) is 2.96. The quantitative estimate of drug-likeness (QED) is 0.641.